The second-order valence-corrected chi connectivity index (χ2v) is 15.5. The van der Waals surface area contributed by atoms with Crippen molar-refractivity contribution in [3.63, 3.8) is 0 Å². The van der Waals surface area contributed by atoms with Crippen molar-refractivity contribution in [1.82, 2.24) is 15.2 Å². The molecule has 9 atom stereocenters. The Morgan fingerprint density at radius 1 is 0.893 bits per heavy atom. The number of carbonyl (C=O) groups excluding carboxylic acids is 4. The van der Waals surface area contributed by atoms with Gasteiger partial charge in [-0.1, -0.05) is 45.9 Å². The summed E-state index contributed by atoms with van der Waals surface area (Å²) in [5, 5.41) is 54.0. The standard InChI is InChI=1S/C41H54N4O11/c1-20-11-10-12-21(2)40(53)43-31-26(19-42-45-16-14-44(8)15-17-45)36(50)28-29(37(31)51)35(49)25(6)38-30(28)39(52)41(7,56-38)55-18-13-27(54-9)22(3)33(47)24(5)34(48)23(4)32(20)46/h10-13,18-20,22-24,27,32-34,46-49H,14-17H2,1-9H3,(H,43,53)/b11-10+,18-13+,21-12+,42-19+/t20-,22+,23+,24-,27-,32-,33+,34+,41-/m0/s1. The lowest BCUT2D eigenvalue weighted by molar-refractivity contribution is -0.116. The van der Waals surface area contributed by atoms with E-state index in [9.17, 15) is 39.6 Å². The molecule has 5 bridgehead atoms. The summed E-state index contributed by atoms with van der Waals surface area (Å²) in [4.78, 5) is 59.0. The highest BCUT2D eigenvalue weighted by Gasteiger charge is 2.52. The van der Waals surface area contributed by atoms with Gasteiger partial charge >= 0.3 is 5.79 Å². The van der Waals surface area contributed by atoms with Crippen LogP contribution in [0.1, 0.15) is 78.2 Å². The van der Waals surface area contributed by atoms with Gasteiger partial charge < -0.3 is 44.9 Å². The van der Waals surface area contributed by atoms with E-state index in [1.54, 1.807) is 44.9 Å². The van der Waals surface area contributed by atoms with E-state index in [4.69, 9.17) is 14.2 Å². The summed E-state index contributed by atoms with van der Waals surface area (Å²) in [6.07, 6.45) is 4.49. The lowest BCUT2D eigenvalue weighted by atomic mass is 9.78. The molecular formula is C41H54N4O11. The largest absolute Gasteiger partial charge is 0.507 e. The van der Waals surface area contributed by atoms with Crippen molar-refractivity contribution in [2.75, 3.05) is 40.3 Å². The first-order chi connectivity index (χ1) is 26.3. The number of methoxy groups -OCH3 is 1. The Balaban J connectivity index is 1.65. The summed E-state index contributed by atoms with van der Waals surface area (Å²) in [6.45, 7) is 13.5. The molecule has 1 aromatic rings. The van der Waals surface area contributed by atoms with Gasteiger partial charge in [-0.05, 0) is 27.0 Å². The first-order valence-electron chi connectivity index (χ1n) is 18.9. The van der Waals surface area contributed by atoms with Gasteiger partial charge in [-0.15, -0.1) is 0 Å². The van der Waals surface area contributed by atoms with Gasteiger partial charge in [0.05, 0.1) is 59.2 Å². The van der Waals surface area contributed by atoms with E-state index in [2.05, 4.69) is 15.3 Å². The summed E-state index contributed by atoms with van der Waals surface area (Å²) in [5.74, 6) is -8.58. The molecule has 1 saturated heterocycles. The maximum atomic E-state index is 14.6. The minimum absolute atomic E-state index is 0.00103. The molecule has 0 spiro atoms. The Kier molecular flexibility index (Phi) is 12.8. The Hall–Kier alpha value is -4.67. The maximum Gasteiger partial charge on any atom is 0.312 e. The number of nitrogens with one attached hydrogen (secondary N) is 1. The van der Waals surface area contributed by atoms with Crippen LogP contribution in [0.2, 0.25) is 0 Å². The van der Waals surface area contributed by atoms with Gasteiger partial charge in [0.25, 0.3) is 11.7 Å². The topological polar surface area (TPSA) is 208 Å². The molecule has 4 aliphatic heterocycles. The molecule has 6 rings (SSSR count). The van der Waals surface area contributed by atoms with Crippen LogP contribution >= 0.6 is 0 Å². The highest BCUT2D eigenvalue weighted by Crippen LogP contribution is 2.48. The number of nitrogens with zero attached hydrogens (tertiary/aromatic N) is 3. The number of hydrazone groups is 1. The number of hydrogen-bond donors (Lipinski definition) is 5. The maximum absolute atomic E-state index is 14.6. The molecule has 1 aromatic carbocycles. The van der Waals surface area contributed by atoms with Crippen LogP contribution in [0.25, 0.3) is 0 Å². The molecular weight excluding hydrogens is 724 g/mol. The lowest BCUT2D eigenvalue weighted by Gasteiger charge is -2.36. The van der Waals surface area contributed by atoms with Gasteiger partial charge in [-0.25, -0.2) is 0 Å². The Morgan fingerprint density at radius 2 is 1.52 bits per heavy atom. The van der Waals surface area contributed by atoms with Gasteiger partial charge in [0.15, 0.2) is 5.78 Å². The van der Waals surface area contributed by atoms with Crippen LogP contribution in [0.15, 0.2) is 52.5 Å². The summed E-state index contributed by atoms with van der Waals surface area (Å²) >= 11 is 0. The first-order valence-corrected chi connectivity index (χ1v) is 18.9. The molecule has 0 aromatic heterocycles. The number of aliphatic hydroxyl groups is 3. The number of Topliss-reactive ketones (excluding diaryl/α,β-unsaturated/α-hetero) is 3. The monoisotopic (exact) mass is 778 g/mol. The minimum atomic E-state index is -2.06. The normalized spacial score (nSPS) is 34.6. The number of carbonyl (C=O) groups is 4. The quantitative estimate of drug-likeness (QED) is 0.280. The van der Waals surface area contributed by atoms with E-state index in [0.29, 0.717) is 26.2 Å². The fraction of sp³-hybridized carbons (Fsp3) is 0.537. The smallest absolute Gasteiger partial charge is 0.312 e. The number of hydrogen-bond acceptors (Lipinski definition) is 14. The number of fused-ring (bicyclic) bond motifs is 14. The molecule has 5 aliphatic rings. The van der Waals surface area contributed by atoms with Crippen molar-refractivity contribution in [2.24, 2.45) is 28.8 Å². The number of phenols is 1. The SMILES string of the molecule is CO[C@H]1/C=C/O[C@@]2(C)Oc3c(C)c(O)c4c(c3C2=O)C(=O)C(/C=N/N2CCN(C)CC2)=C(NC(=O)/C(C)=C/C=C/[C@H](C)[C@H](O)[C@@H](C)[C@@H](O)[C@@H](C)[C@H](O)[C@@H]1C)C4=O. The highest BCUT2D eigenvalue weighted by molar-refractivity contribution is 6.37. The second-order valence-electron chi connectivity index (χ2n) is 15.5. The van der Waals surface area contributed by atoms with Gasteiger partial charge in [0, 0.05) is 75.0 Å². The molecule has 0 saturated carbocycles. The molecule has 0 radical (unpaired) electrons. The van der Waals surface area contributed by atoms with Crippen LogP contribution in [-0.2, 0) is 14.3 Å². The highest BCUT2D eigenvalue weighted by atomic mass is 16.7. The molecule has 5 N–H and O–H groups in total. The fourth-order valence-corrected chi connectivity index (χ4v) is 7.50. The summed E-state index contributed by atoms with van der Waals surface area (Å²) in [5.41, 5.74) is -1.73. The third-order valence-corrected chi connectivity index (χ3v) is 11.6. The molecule has 1 fully saturated rings. The summed E-state index contributed by atoms with van der Waals surface area (Å²) in [7, 11) is 3.39. The number of benzene rings is 1. The Bertz CT molecular complexity index is 1910. The number of piperazine rings is 1. The van der Waals surface area contributed by atoms with Crippen LogP contribution < -0.4 is 10.1 Å². The van der Waals surface area contributed by atoms with E-state index < -0.39 is 99.7 Å². The van der Waals surface area contributed by atoms with Crippen LogP contribution in [0.4, 0.5) is 0 Å². The predicted octanol–water partition coefficient (Wildman–Crippen LogP) is 2.66. The molecule has 1 aliphatic carbocycles. The van der Waals surface area contributed by atoms with Crippen molar-refractivity contribution in [3.8, 4) is 11.5 Å². The third-order valence-electron chi connectivity index (χ3n) is 11.6. The molecule has 56 heavy (non-hydrogen) atoms. The lowest BCUT2D eigenvalue weighted by Crippen LogP contribution is -2.45. The van der Waals surface area contributed by atoms with E-state index in [1.165, 1.54) is 52.5 Å². The van der Waals surface area contributed by atoms with Crippen molar-refractivity contribution < 1.29 is 53.8 Å². The number of ether oxygens (including phenoxy) is 3. The first kappa shape index (κ1) is 42.5. The number of amides is 1. The third kappa shape index (κ3) is 7.96. The molecule has 15 heteroatoms. The van der Waals surface area contributed by atoms with Crippen LogP contribution in [0, 0.1) is 30.6 Å². The number of allylic oxidation sites excluding steroid dienone is 4. The number of aromatic hydroxyl groups is 1. The summed E-state index contributed by atoms with van der Waals surface area (Å²) < 4.78 is 17.6. The average Bonchev–Trinajstić information content (AvgIpc) is 3.44. The number of rotatable bonds is 3. The van der Waals surface area contributed by atoms with E-state index in [1.807, 2.05) is 7.05 Å². The summed E-state index contributed by atoms with van der Waals surface area (Å²) in [6, 6.07) is 0. The number of ketones is 3. The zero-order valence-corrected chi connectivity index (χ0v) is 33.4. The molecule has 1 amide bonds. The molecule has 304 valence electrons. The van der Waals surface area contributed by atoms with E-state index in [0.717, 1.165) is 0 Å². The average molecular weight is 779 g/mol. The van der Waals surface area contributed by atoms with Crippen molar-refractivity contribution in [3.05, 3.63) is 69.7 Å². The molecule has 0 unspecified atom stereocenters. The van der Waals surface area contributed by atoms with Gasteiger partial charge in [0.2, 0.25) is 5.78 Å². The Morgan fingerprint density at radius 3 is 2.16 bits per heavy atom. The zero-order chi connectivity index (χ0) is 41.4. The van der Waals surface area contributed by atoms with Crippen LogP contribution in [0.5, 0.6) is 11.5 Å². The van der Waals surface area contributed by atoms with Gasteiger partial charge in [0.1, 0.15) is 17.2 Å². The van der Waals surface area contributed by atoms with Crippen molar-refractivity contribution in [2.45, 2.75) is 78.7 Å². The fourth-order valence-electron chi connectivity index (χ4n) is 7.50. The number of aliphatic hydroxyl groups excluding tert-OH is 3. The molecule has 15 nitrogen and oxygen atoms in total. The zero-order valence-electron chi connectivity index (χ0n) is 33.4. The minimum Gasteiger partial charge on any atom is -0.507 e. The van der Waals surface area contributed by atoms with Gasteiger partial charge in [-0.2, -0.15) is 5.10 Å². The van der Waals surface area contributed by atoms with Crippen molar-refractivity contribution >= 4 is 29.5 Å². The van der Waals surface area contributed by atoms with E-state index in [-0.39, 0.29) is 28.0 Å². The number of phenolic OH excluding ortho intramolecular Hbond substituents is 1. The predicted molar refractivity (Wildman–Crippen MR) is 206 cm³/mol. The van der Waals surface area contributed by atoms with Crippen molar-refractivity contribution in [1.29, 1.82) is 0 Å². The Labute approximate surface area is 327 Å². The molecule has 4 heterocycles. The van der Waals surface area contributed by atoms with Gasteiger partial charge in [-0.3, -0.25) is 24.2 Å². The van der Waals surface area contributed by atoms with E-state index >= 15 is 0 Å². The van der Waals surface area contributed by atoms with Crippen LogP contribution in [-0.4, -0.2) is 130 Å². The number of likely N-dealkylation sites (N-methyl/N-ethyl adjacent to an activating group) is 1. The second kappa shape index (κ2) is 16.8. The van der Waals surface area contributed by atoms with Crippen LogP contribution in [0.3, 0.4) is 0 Å².